The molecular formula is C18H17FN3O3+. The molecule has 3 rings (SSSR count). The topological polar surface area (TPSA) is 64.2 Å². The smallest absolute Gasteiger partial charge is 0.336 e. The SMILES string of the molecule is C=C(C(F)=CC)[N+]1(C)C=C(COc2ccc3ccc(=O)oc3c2)N=N1. The molecule has 0 fully saturated rings. The highest BCUT2D eigenvalue weighted by molar-refractivity contribution is 5.77. The van der Waals surface area contributed by atoms with Crippen LogP contribution in [0, 0.1) is 0 Å². The van der Waals surface area contributed by atoms with Gasteiger partial charge in [-0.2, -0.15) is 0 Å². The average Bonchev–Trinajstić information content (AvgIpc) is 3.00. The van der Waals surface area contributed by atoms with Gasteiger partial charge in [-0.25, -0.2) is 9.18 Å². The van der Waals surface area contributed by atoms with E-state index in [1.165, 1.54) is 12.1 Å². The van der Waals surface area contributed by atoms with Crippen molar-refractivity contribution in [2.75, 3.05) is 13.7 Å². The Kier molecular flexibility index (Phi) is 4.33. The Bertz CT molecular complexity index is 990. The molecule has 0 aliphatic carbocycles. The van der Waals surface area contributed by atoms with Crippen molar-refractivity contribution in [2.24, 2.45) is 10.3 Å². The van der Waals surface area contributed by atoms with Crippen LogP contribution in [0.15, 0.2) is 86.0 Å². The number of nitrogens with zero attached hydrogens (tertiary/aromatic N) is 3. The first-order chi connectivity index (χ1) is 11.9. The van der Waals surface area contributed by atoms with Crippen molar-refractivity contribution in [3.05, 3.63) is 76.8 Å². The van der Waals surface area contributed by atoms with Gasteiger partial charge in [-0.3, -0.25) is 0 Å². The number of ether oxygens (including phenoxy) is 1. The van der Waals surface area contributed by atoms with Gasteiger partial charge in [0.2, 0.25) is 0 Å². The molecule has 0 amide bonds. The summed E-state index contributed by atoms with van der Waals surface area (Å²) in [6, 6.07) is 8.24. The van der Waals surface area contributed by atoms with Crippen LogP contribution in [0.1, 0.15) is 6.92 Å². The van der Waals surface area contributed by atoms with Crippen molar-refractivity contribution in [3.8, 4) is 5.75 Å². The Morgan fingerprint density at radius 1 is 1.40 bits per heavy atom. The standard InChI is InChI=1S/C18H17FN3O3/c1-4-16(19)12(2)22(3)10-14(20-21-22)11-24-15-7-5-13-6-8-18(23)25-17(13)9-15/h4-10H,2,11H2,1,3H3/q+1. The second-order valence-corrected chi connectivity index (χ2v) is 5.66. The van der Waals surface area contributed by atoms with Crippen molar-refractivity contribution in [1.29, 1.82) is 0 Å². The molecule has 25 heavy (non-hydrogen) atoms. The number of hydrogen-bond donors (Lipinski definition) is 0. The number of quaternary nitrogens is 1. The Labute approximate surface area is 143 Å². The molecule has 128 valence electrons. The number of hydrogen-bond acceptors (Lipinski definition) is 5. The number of fused-ring (bicyclic) bond motifs is 1. The molecule has 1 aromatic heterocycles. The van der Waals surface area contributed by atoms with Gasteiger partial charge in [-0.15, -0.1) is 4.59 Å². The van der Waals surface area contributed by atoms with E-state index >= 15 is 0 Å². The molecule has 7 heteroatoms. The fraction of sp³-hybridized carbons (Fsp3) is 0.167. The summed E-state index contributed by atoms with van der Waals surface area (Å²) in [4.78, 5) is 11.3. The van der Waals surface area contributed by atoms with E-state index in [1.54, 1.807) is 44.4 Å². The largest absolute Gasteiger partial charge is 0.487 e. The van der Waals surface area contributed by atoms with Gasteiger partial charge < -0.3 is 9.15 Å². The highest BCUT2D eigenvalue weighted by Crippen LogP contribution is 2.30. The quantitative estimate of drug-likeness (QED) is 0.464. The molecule has 0 saturated carbocycles. The third-order valence-electron chi connectivity index (χ3n) is 3.82. The molecule has 0 bridgehead atoms. The number of rotatable bonds is 5. The van der Waals surface area contributed by atoms with E-state index in [4.69, 9.17) is 9.15 Å². The summed E-state index contributed by atoms with van der Waals surface area (Å²) in [7, 11) is 1.67. The zero-order valence-electron chi connectivity index (χ0n) is 13.9. The zero-order chi connectivity index (χ0) is 18.0. The first kappa shape index (κ1) is 16.8. The highest BCUT2D eigenvalue weighted by atomic mass is 19.1. The van der Waals surface area contributed by atoms with Crippen molar-refractivity contribution < 1.29 is 18.1 Å². The molecule has 1 atom stereocenters. The Hall–Kier alpha value is -3.06. The molecular weight excluding hydrogens is 325 g/mol. The molecule has 6 nitrogen and oxygen atoms in total. The molecule has 0 spiro atoms. The van der Waals surface area contributed by atoms with Crippen LogP contribution in [0.25, 0.3) is 11.0 Å². The summed E-state index contributed by atoms with van der Waals surface area (Å²) in [6.45, 7) is 5.45. The second kappa shape index (κ2) is 6.45. The van der Waals surface area contributed by atoms with Gasteiger partial charge in [0, 0.05) is 22.7 Å². The molecule has 1 aromatic carbocycles. The minimum atomic E-state index is -0.440. The van der Waals surface area contributed by atoms with Crippen LogP contribution in [-0.2, 0) is 0 Å². The fourth-order valence-electron chi connectivity index (χ4n) is 2.36. The lowest BCUT2D eigenvalue weighted by atomic mass is 10.2. The summed E-state index contributed by atoms with van der Waals surface area (Å²) in [5.41, 5.74) is 0.751. The van der Waals surface area contributed by atoms with Crippen LogP contribution in [0.4, 0.5) is 4.39 Å². The van der Waals surface area contributed by atoms with Gasteiger partial charge in [-0.05, 0) is 37.8 Å². The highest BCUT2D eigenvalue weighted by Gasteiger charge is 2.33. The number of halogens is 1. The molecule has 1 aliphatic heterocycles. The number of likely N-dealkylation sites (N-methyl/N-ethyl adjacent to an activating group) is 1. The summed E-state index contributed by atoms with van der Waals surface area (Å²) in [6.07, 6.45) is 2.99. The third kappa shape index (κ3) is 3.41. The average molecular weight is 342 g/mol. The van der Waals surface area contributed by atoms with E-state index in [2.05, 4.69) is 16.9 Å². The molecule has 1 unspecified atom stereocenters. The zero-order valence-corrected chi connectivity index (χ0v) is 13.9. The molecule has 0 N–H and O–H groups in total. The minimum Gasteiger partial charge on any atom is -0.487 e. The van der Waals surface area contributed by atoms with Crippen LogP contribution in [0.2, 0.25) is 0 Å². The van der Waals surface area contributed by atoms with E-state index in [9.17, 15) is 9.18 Å². The minimum absolute atomic E-state index is 0.144. The van der Waals surface area contributed by atoms with Gasteiger partial charge in [0.15, 0.2) is 23.4 Å². The number of benzene rings is 1. The second-order valence-electron chi connectivity index (χ2n) is 5.66. The van der Waals surface area contributed by atoms with Gasteiger partial charge in [0.25, 0.3) is 0 Å². The molecule has 2 heterocycles. The Morgan fingerprint density at radius 2 is 2.16 bits per heavy atom. The number of allylic oxidation sites excluding steroid dienone is 2. The molecule has 0 saturated heterocycles. The lowest BCUT2D eigenvalue weighted by Crippen LogP contribution is -2.29. The maximum absolute atomic E-state index is 13.7. The molecule has 1 aliphatic rings. The van der Waals surface area contributed by atoms with Crippen molar-refractivity contribution in [3.63, 3.8) is 0 Å². The fourth-order valence-corrected chi connectivity index (χ4v) is 2.36. The third-order valence-corrected chi connectivity index (χ3v) is 3.82. The van der Waals surface area contributed by atoms with Gasteiger partial charge in [-0.1, -0.05) is 5.11 Å². The maximum Gasteiger partial charge on any atom is 0.336 e. The van der Waals surface area contributed by atoms with Gasteiger partial charge >= 0.3 is 5.63 Å². The summed E-state index contributed by atoms with van der Waals surface area (Å²) in [5.74, 6) is 0.0851. The van der Waals surface area contributed by atoms with E-state index in [0.29, 0.717) is 17.0 Å². The van der Waals surface area contributed by atoms with E-state index < -0.39 is 11.5 Å². The lowest BCUT2D eigenvalue weighted by Gasteiger charge is -2.18. The van der Waals surface area contributed by atoms with Crippen molar-refractivity contribution >= 4 is 11.0 Å². The first-order valence-electron chi connectivity index (χ1n) is 7.61. The normalized spacial score (nSPS) is 20.0. The van der Waals surface area contributed by atoms with Crippen LogP contribution < -0.4 is 10.4 Å². The summed E-state index contributed by atoms with van der Waals surface area (Å²) < 4.78 is 24.3. The molecule has 0 radical (unpaired) electrons. The van der Waals surface area contributed by atoms with Crippen molar-refractivity contribution in [1.82, 2.24) is 0 Å². The Balaban J connectivity index is 1.74. The first-order valence-corrected chi connectivity index (χ1v) is 7.61. The summed E-state index contributed by atoms with van der Waals surface area (Å²) >= 11 is 0. The van der Waals surface area contributed by atoms with E-state index in [0.717, 1.165) is 5.39 Å². The van der Waals surface area contributed by atoms with Crippen LogP contribution in [-0.4, -0.2) is 18.2 Å². The van der Waals surface area contributed by atoms with E-state index in [1.807, 2.05) is 0 Å². The van der Waals surface area contributed by atoms with Crippen LogP contribution >= 0.6 is 0 Å². The lowest BCUT2D eigenvalue weighted by molar-refractivity contribution is -0.826. The van der Waals surface area contributed by atoms with Gasteiger partial charge in [0.1, 0.15) is 25.0 Å². The molecule has 2 aromatic rings. The monoisotopic (exact) mass is 342 g/mol. The van der Waals surface area contributed by atoms with Crippen LogP contribution in [0.5, 0.6) is 5.75 Å². The predicted molar refractivity (Wildman–Crippen MR) is 91.1 cm³/mol. The summed E-state index contributed by atoms with van der Waals surface area (Å²) in [5, 5.41) is 8.86. The van der Waals surface area contributed by atoms with E-state index in [-0.39, 0.29) is 16.9 Å². The maximum atomic E-state index is 13.7. The van der Waals surface area contributed by atoms with Gasteiger partial charge in [0.05, 0.1) is 0 Å². The predicted octanol–water partition coefficient (Wildman–Crippen LogP) is 4.23. The van der Waals surface area contributed by atoms with Crippen LogP contribution in [0.3, 0.4) is 0 Å². The Morgan fingerprint density at radius 3 is 2.92 bits per heavy atom. The van der Waals surface area contributed by atoms with Crippen molar-refractivity contribution in [2.45, 2.75) is 6.92 Å².